The number of hydrogen-bond acceptors (Lipinski definition) is 3. The second kappa shape index (κ2) is 5.41. The van der Waals surface area contributed by atoms with Crippen molar-refractivity contribution in [2.75, 3.05) is 20.3 Å². The number of ether oxygens (including phenoxy) is 1. The molecule has 1 atom stereocenters. The predicted octanol–water partition coefficient (Wildman–Crippen LogP) is 1.18. The number of amides is 1. The van der Waals surface area contributed by atoms with Crippen molar-refractivity contribution in [1.29, 1.82) is 0 Å². The summed E-state index contributed by atoms with van der Waals surface area (Å²) in [4.78, 5) is 12.5. The van der Waals surface area contributed by atoms with Crippen LogP contribution in [0.25, 0.3) is 0 Å². The fourth-order valence-electron chi connectivity index (χ4n) is 4.99. The van der Waals surface area contributed by atoms with E-state index in [1.807, 2.05) is 0 Å². The zero-order chi connectivity index (χ0) is 13.4. The van der Waals surface area contributed by atoms with E-state index in [-0.39, 0.29) is 24.5 Å². The lowest BCUT2D eigenvalue weighted by Crippen LogP contribution is -2.53. The number of methoxy groups -OCH3 is 1. The van der Waals surface area contributed by atoms with Crippen molar-refractivity contribution in [3.8, 4) is 0 Å². The van der Waals surface area contributed by atoms with E-state index in [2.05, 4.69) is 5.32 Å². The van der Waals surface area contributed by atoms with Gasteiger partial charge in [-0.15, -0.1) is 0 Å². The third kappa shape index (κ3) is 2.52. The molecular formula is C15H25NO3. The van der Waals surface area contributed by atoms with Gasteiger partial charge in [0.05, 0.1) is 19.3 Å². The van der Waals surface area contributed by atoms with Gasteiger partial charge in [0.25, 0.3) is 0 Å². The van der Waals surface area contributed by atoms with Gasteiger partial charge in [0.15, 0.2) is 0 Å². The number of aliphatic hydroxyl groups excluding tert-OH is 1. The zero-order valence-electron chi connectivity index (χ0n) is 11.7. The maximum absolute atomic E-state index is 12.5. The average Bonchev–Trinajstić information content (AvgIpc) is 2.36. The minimum Gasteiger partial charge on any atom is -0.394 e. The molecule has 0 radical (unpaired) electrons. The first kappa shape index (κ1) is 13.4. The Labute approximate surface area is 114 Å². The Balaban J connectivity index is 1.63. The molecule has 108 valence electrons. The molecule has 0 aromatic carbocycles. The average molecular weight is 267 g/mol. The van der Waals surface area contributed by atoms with Gasteiger partial charge in [0.1, 0.15) is 0 Å². The second-order valence-corrected chi connectivity index (χ2v) is 6.80. The number of nitrogens with one attached hydrogen (secondary N) is 1. The van der Waals surface area contributed by atoms with Crippen molar-refractivity contribution in [3.63, 3.8) is 0 Å². The highest BCUT2D eigenvalue weighted by atomic mass is 16.5. The van der Waals surface area contributed by atoms with Crippen molar-refractivity contribution in [1.82, 2.24) is 5.32 Å². The fraction of sp³-hybridized carbons (Fsp3) is 0.933. The molecule has 0 aromatic heterocycles. The summed E-state index contributed by atoms with van der Waals surface area (Å²) in [6.07, 6.45) is 6.40. The maximum Gasteiger partial charge on any atom is 0.224 e. The molecule has 4 rings (SSSR count). The third-order valence-corrected chi connectivity index (χ3v) is 5.46. The van der Waals surface area contributed by atoms with E-state index < -0.39 is 0 Å². The summed E-state index contributed by atoms with van der Waals surface area (Å²) in [5.41, 5.74) is 0. The number of carbonyl (C=O) groups excluding carboxylic acids is 1. The van der Waals surface area contributed by atoms with Crippen LogP contribution in [0, 0.1) is 29.6 Å². The van der Waals surface area contributed by atoms with Gasteiger partial charge < -0.3 is 15.2 Å². The predicted molar refractivity (Wildman–Crippen MR) is 71.4 cm³/mol. The van der Waals surface area contributed by atoms with Gasteiger partial charge in [0.2, 0.25) is 5.91 Å². The SMILES string of the molecule is COCC(CO)NC(=O)C1C2CC3CC(C2)CC1C3. The fourth-order valence-corrected chi connectivity index (χ4v) is 4.99. The van der Waals surface area contributed by atoms with Crippen molar-refractivity contribution in [2.45, 2.75) is 38.1 Å². The van der Waals surface area contributed by atoms with Crippen LogP contribution in [0.5, 0.6) is 0 Å². The first-order valence-corrected chi connectivity index (χ1v) is 7.61. The van der Waals surface area contributed by atoms with Gasteiger partial charge in [-0.2, -0.15) is 0 Å². The molecule has 0 aromatic rings. The van der Waals surface area contributed by atoms with Gasteiger partial charge in [0, 0.05) is 13.0 Å². The minimum atomic E-state index is -0.255. The number of aliphatic hydroxyl groups is 1. The van der Waals surface area contributed by atoms with Gasteiger partial charge >= 0.3 is 0 Å². The molecule has 0 spiro atoms. The van der Waals surface area contributed by atoms with Crippen molar-refractivity contribution in [2.24, 2.45) is 29.6 Å². The molecule has 4 fully saturated rings. The number of hydrogen-bond donors (Lipinski definition) is 2. The van der Waals surface area contributed by atoms with Crippen LogP contribution in [-0.4, -0.2) is 37.4 Å². The molecule has 4 saturated carbocycles. The molecule has 4 heteroatoms. The van der Waals surface area contributed by atoms with E-state index in [0.717, 1.165) is 11.8 Å². The van der Waals surface area contributed by atoms with Crippen LogP contribution in [-0.2, 0) is 9.53 Å². The maximum atomic E-state index is 12.5. The molecule has 4 aliphatic carbocycles. The lowest BCUT2D eigenvalue weighted by molar-refractivity contribution is -0.139. The minimum absolute atomic E-state index is 0.0487. The standard InChI is InChI=1S/C15H25NO3/c1-19-8-13(7-17)16-15(18)14-11-3-9-2-10(5-11)6-12(14)4-9/h9-14,17H,2-8H2,1H3,(H,16,18). The molecule has 2 N–H and O–H groups in total. The van der Waals surface area contributed by atoms with Gasteiger partial charge in [-0.25, -0.2) is 0 Å². The molecule has 0 heterocycles. The summed E-state index contributed by atoms with van der Waals surface area (Å²) >= 11 is 0. The monoisotopic (exact) mass is 267 g/mol. The highest BCUT2D eigenvalue weighted by Crippen LogP contribution is 2.56. The van der Waals surface area contributed by atoms with Gasteiger partial charge in [-0.05, 0) is 55.8 Å². The molecular weight excluding hydrogens is 242 g/mol. The summed E-state index contributed by atoms with van der Waals surface area (Å²) in [5.74, 6) is 3.32. The third-order valence-electron chi connectivity index (χ3n) is 5.46. The molecule has 19 heavy (non-hydrogen) atoms. The molecule has 4 bridgehead atoms. The van der Waals surface area contributed by atoms with Crippen molar-refractivity contribution in [3.05, 3.63) is 0 Å². The van der Waals surface area contributed by atoms with Crippen LogP contribution in [0.2, 0.25) is 0 Å². The first-order chi connectivity index (χ1) is 9.21. The van der Waals surface area contributed by atoms with Gasteiger partial charge in [-0.3, -0.25) is 4.79 Å². The lowest BCUT2D eigenvalue weighted by atomic mass is 9.51. The summed E-state index contributed by atoms with van der Waals surface area (Å²) < 4.78 is 5.03. The van der Waals surface area contributed by atoms with Crippen molar-refractivity contribution >= 4 is 5.91 Å². The summed E-state index contributed by atoms with van der Waals surface area (Å²) in [5, 5.41) is 12.2. The van der Waals surface area contributed by atoms with Crippen LogP contribution < -0.4 is 5.32 Å². The van der Waals surface area contributed by atoms with Crippen LogP contribution >= 0.6 is 0 Å². The normalized spacial score (nSPS) is 41.3. The highest BCUT2D eigenvalue weighted by Gasteiger charge is 2.50. The molecule has 1 unspecified atom stereocenters. The molecule has 0 aliphatic heterocycles. The van der Waals surface area contributed by atoms with E-state index in [4.69, 9.17) is 4.74 Å². The van der Waals surface area contributed by atoms with E-state index in [1.54, 1.807) is 7.11 Å². The number of rotatable bonds is 5. The highest BCUT2D eigenvalue weighted by molar-refractivity contribution is 5.80. The zero-order valence-corrected chi connectivity index (χ0v) is 11.7. The molecule has 4 nitrogen and oxygen atoms in total. The van der Waals surface area contributed by atoms with E-state index in [1.165, 1.54) is 32.1 Å². The molecule has 0 saturated heterocycles. The Kier molecular flexibility index (Phi) is 3.81. The lowest BCUT2D eigenvalue weighted by Gasteiger charge is -2.53. The van der Waals surface area contributed by atoms with Crippen LogP contribution in [0.3, 0.4) is 0 Å². The Morgan fingerprint density at radius 1 is 1.21 bits per heavy atom. The smallest absolute Gasteiger partial charge is 0.224 e. The van der Waals surface area contributed by atoms with E-state index in [9.17, 15) is 9.90 Å². The van der Waals surface area contributed by atoms with Crippen LogP contribution in [0.15, 0.2) is 0 Å². The molecule has 4 aliphatic rings. The summed E-state index contributed by atoms with van der Waals surface area (Å²) in [6, 6.07) is -0.255. The van der Waals surface area contributed by atoms with E-state index in [0.29, 0.717) is 18.4 Å². The summed E-state index contributed by atoms with van der Waals surface area (Å²) in [6.45, 7) is 0.336. The van der Waals surface area contributed by atoms with Gasteiger partial charge in [-0.1, -0.05) is 0 Å². The first-order valence-electron chi connectivity index (χ1n) is 7.61. The topological polar surface area (TPSA) is 58.6 Å². The van der Waals surface area contributed by atoms with Crippen molar-refractivity contribution < 1.29 is 14.6 Å². The van der Waals surface area contributed by atoms with E-state index >= 15 is 0 Å². The Morgan fingerprint density at radius 2 is 1.79 bits per heavy atom. The largest absolute Gasteiger partial charge is 0.394 e. The second-order valence-electron chi connectivity index (χ2n) is 6.80. The molecule has 1 amide bonds. The Hall–Kier alpha value is -0.610. The van der Waals surface area contributed by atoms with Crippen LogP contribution in [0.1, 0.15) is 32.1 Å². The number of carbonyl (C=O) groups is 1. The quantitative estimate of drug-likeness (QED) is 0.786. The Morgan fingerprint density at radius 3 is 2.26 bits per heavy atom. The summed E-state index contributed by atoms with van der Waals surface area (Å²) in [7, 11) is 1.59. The van der Waals surface area contributed by atoms with Crippen LogP contribution in [0.4, 0.5) is 0 Å². The Bertz CT molecular complexity index is 316.